The Kier molecular flexibility index (Phi) is 6.83. The fourth-order valence-corrected chi connectivity index (χ4v) is 4.21. The Bertz CT molecular complexity index is 1520. The van der Waals surface area contributed by atoms with Crippen LogP contribution in [0.3, 0.4) is 0 Å². The number of ether oxygens (including phenoxy) is 2. The number of hydrogen-bond acceptors (Lipinski definition) is 9. The van der Waals surface area contributed by atoms with Crippen molar-refractivity contribution < 1.29 is 22.7 Å². The Morgan fingerprint density at radius 2 is 1.86 bits per heavy atom. The molecule has 12 nitrogen and oxygen atoms in total. The summed E-state index contributed by atoms with van der Waals surface area (Å²) in [6.45, 7) is 1.89. The maximum atomic E-state index is 12.9. The third kappa shape index (κ3) is 5.10. The molecule has 186 valence electrons. The number of sulfonamides is 1. The highest BCUT2D eigenvalue weighted by molar-refractivity contribution is 7.92. The average Bonchev–Trinajstić information content (AvgIpc) is 3.31. The van der Waals surface area contributed by atoms with Crippen molar-refractivity contribution in [3.8, 4) is 28.6 Å². The van der Waals surface area contributed by atoms with Gasteiger partial charge in [-0.3, -0.25) is 9.48 Å². The molecule has 0 aliphatic carbocycles. The molecule has 36 heavy (non-hydrogen) atoms. The lowest BCUT2D eigenvalue weighted by Crippen LogP contribution is -2.18. The largest absolute Gasteiger partial charge is 0.490 e. The second kappa shape index (κ2) is 10.00. The quantitative estimate of drug-likeness (QED) is 0.365. The van der Waals surface area contributed by atoms with Crippen molar-refractivity contribution in [2.45, 2.75) is 11.8 Å². The molecule has 0 aliphatic rings. The van der Waals surface area contributed by atoms with Crippen molar-refractivity contribution in [3.63, 3.8) is 0 Å². The summed E-state index contributed by atoms with van der Waals surface area (Å²) in [7, 11) is 0.497. The summed E-state index contributed by atoms with van der Waals surface area (Å²) in [5, 5.41) is 6.39. The molecule has 0 radical (unpaired) electrons. The van der Waals surface area contributed by atoms with Crippen molar-refractivity contribution in [2.24, 2.45) is 7.05 Å². The Morgan fingerprint density at radius 1 is 1.08 bits per heavy atom. The number of benzene rings is 1. The van der Waals surface area contributed by atoms with Crippen molar-refractivity contribution in [1.82, 2.24) is 30.0 Å². The van der Waals surface area contributed by atoms with E-state index in [1.54, 1.807) is 7.05 Å². The third-order valence-electron chi connectivity index (χ3n) is 5.07. The summed E-state index contributed by atoms with van der Waals surface area (Å²) in [6, 6.07) is 10.4. The highest BCUT2D eigenvalue weighted by Gasteiger charge is 2.24. The molecule has 1 aromatic carbocycles. The minimum atomic E-state index is -4.04. The van der Waals surface area contributed by atoms with E-state index in [9.17, 15) is 13.2 Å². The van der Waals surface area contributed by atoms with Gasteiger partial charge in [-0.2, -0.15) is 10.1 Å². The van der Waals surface area contributed by atoms with E-state index in [1.165, 1.54) is 49.6 Å². The molecule has 0 atom stereocenters. The second-order valence-electron chi connectivity index (χ2n) is 7.56. The molecule has 0 bridgehead atoms. The number of hydrogen-bond donors (Lipinski definition) is 2. The number of aryl methyl sites for hydroxylation is 2. The summed E-state index contributed by atoms with van der Waals surface area (Å²) in [6.07, 6.45) is 3.91. The van der Waals surface area contributed by atoms with E-state index >= 15 is 0 Å². The number of methoxy groups -OCH3 is 1. The molecule has 0 saturated carbocycles. The molecule has 0 aliphatic heterocycles. The molecule has 3 aromatic heterocycles. The SMILES string of the molecule is CNC(=O)c1ccc(Oc2nc(NS(=O)(=O)c3cnn(C)c3)nc(-c3ccccc3C)c2OC)cn1. The summed E-state index contributed by atoms with van der Waals surface area (Å²) in [4.78, 5) is 24.5. The van der Waals surface area contributed by atoms with Crippen molar-refractivity contribution in [2.75, 3.05) is 18.9 Å². The normalized spacial score (nSPS) is 11.1. The number of amides is 1. The third-order valence-corrected chi connectivity index (χ3v) is 6.35. The maximum absolute atomic E-state index is 12.9. The maximum Gasteiger partial charge on any atom is 0.269 e. The molecule has 3 heterocycles. The second-order valence-corrected chi connectivity index (χ2v) is 9.25. The van der Waals surface area contributed by atoms with Crippen LogP contribution >= 0.6 is 0 Å². The summed E-state index contributed by atoms with van der Waals surface area (Å²) in [5.74, 6) is -0.206. The fraction of sp³-hybridized carbons (Fsp3) is 0.174. The van der Waals surface area contributed by atoms with Gasteiger partial charge in [-0.1, -0.05) is 24.3 Å². The summed E-state index contributed by atoms with van der Waals surface area (Å²) in [5.41, 5.74) is 2.08. The van der Waals surface area contributed by atoms with Crippen LogP contribution in [0.25, 0.3) is 11.3 Å². The van der Waals surface area contributed by atoms with Gasteiger partial charge in [0, 0.05) is 25.9 Å². The van der Waals surface area contributed by atoms with Crippen LogP contribution in [0, 0.1) is 6.92 Å². The molecule has 0 unspecified atom stereocenters. The predicted molar refractivity (Wildman–Crippen MR) is 130 cm³/mol. The van der Waals surface area contributed by atoms with Gasteiger partial charge in [0.2, 0.25) is 11.7 Å². The molecular weight excluding hydrogens is 486 g/mol. The average molecular weight is 510 g/mol. The number of nitrogens with one attached hydrogen (secondary N) is 2. The van der Waals surface area contributed by atoms with Crippen LogP contribution < -0.4 is 19.5 Å². The van der Waals surface area contributed by atoms with Gasteiger partial charge in [0.15, 0.2) is 0 Å². The highest BCUT2D eigenvalue weighted by Crippen LogP contribution is 2.39. The van der Waals surface area contributed by atoms with Crippen molar-refractivity contribution in [1.29, 1.82) is 0 Å². The fourth-order valence-electron chi connectivity index (χ4n) is 3.28. The molecule has 0 fully saturated rings. The van der Waals surface area contributed by atoms with Crippen LogP contribution in [0.2, 0.25) is 0 Å². The number of anilines is 1. The van der Waals surface area contributed by atoms with Gasteiger partial charge < -0.3 is 14.8 Å². The first-order valence-corrected chi connectivity index (χ1v) is 12.1. The Morgan fingerprint density at radius 3 is 2.47 bits per heavy atom. The van der Waals surface area contributed by atoms with E-state index in [1.807, 2.05) is 31.2 Å². The number of carbonyl (C=O) groups excluding carboxylic acids is 1. The van der Waals surface area contributed by atoms with Gasteiger partial charge in [0.25, 0.3) is 21.8 Å². The van der Waals surface area contributed by atoms with E-state index in [0.717, 1.165) is 5.56 Å². The molecule has 1 amide bonds. The van der Waals surface area contributed by atoms with Crippen LogP contribution in [0.1, 0.15) is 16.1 Å². The molecule has 4 rings (SSSR count). The number of pyridine rings is 1. The van der Waals surface area contributed by atoms with E-state index < -0.39 is 10.0 Å². The van der Waals surface area contributed by atoms with Gasteiger partial charge in [-0.25, -0.2) is 23.1 Å². The lowest BCUT2D eigenvalue weighted by atomic mass is 10.1. The Labute approximate surface area is 207 Å². The topological polar surface area (TPSA) is 150 Å². The molecule has 4 aromatic rings. The van der Waals surface area contributed by atoms with Gasteiger partial charge in [0.1, 0.15) is 22.0 Å². The first-order chi connectivity index (χ1) is 17.2. The number of rotatable bonds is 8. The molecule has 13 heteroatoms. The zero-order valence-electron chi connectivity index (χ0n) is 19.9. The molecular formula is C23H23N7O5S. The predicted octanol–water partition coefficient (Wildman–Crippen LogP) is 2.54. The van der Waals surface area contributed by atoms with Crippen LogP contribution in [0.4, 0.5) is 5.95 Å². The van der Waals surface area contributed by atoms with Crippen LogP contribution in [0.15, 0.2) is 59.9 Å². The lowest BCUT2D eigenvalue weighted by molar-refractivity contribution is 0.0958. The number of aromatic nitrogens is 5. The number of nitrogens with zero attached hydrogens (tertiary/aromatic N) is 5. The summed E-state index contributed by atoms with van der Waals surface area (Å²) < 4.78 is 41.1. The van der Waals surface area contributed by atoms with E-state index in [2.05, 4.69) is 30.1 Å². The lowest BCUT2D eigenvalue weighted by Gasteiger charge is -2.16. The smallest absolute Gasteiger partial charge is 0.269 e. The highest BCUT2D eigenvalue weighted by atomic mass is 32.2. The zero-order chi connectivity index (χ0) is 25.9. The zero-order valence-corrected chi connectivity index (χ0v) is 20.7. The Balaban J connectivity index is 1.81. The molecule has 0 spiro atoms. The van der Waals surface area contributed by atoms with Gasteiger partial charge in [-0.05, 0) is 24.6 Å². The van der Waals surface area contributed by atoms with Gasteiger partial charge in [0.05, 0.1) is 19.5 Å². The number of carbonyl (C=O) groups is 1. The minimum Gasteiger partial charge on any atom is -0.490 e. The van der Waals surface area contributed by atoms with Crippen LogP contribution in [-0.2, 0) is 17.1 Å². The standard InChI is InChI=1S/C23H23N7O5S/c1-14-7-5-6-8-17(14)19-20(34-4)22(35-15-9-10-18(25-11-15)21(31)24-2)28-23(27-19)29-36(32,33)16-12-26-30(3)13-16/h5-13H,1-4H3,(H,24,31)(H,27,28,29). The van der Waals surface area contributed by atoms with Gasteiger partial charge in [-0.15, -0.1) is 0 Å². The monoisotopic (exact) mass is 509 g/mol. The Hall–Kier alpha value is -4.52. The molecule has 2 N–H and O–H groups in total. The van der Waals surface area contributed by atoms with Crippen LogP contribution in [0.5, 0.6) is 17.4 Å². The van der Waals surface area contributed by atoms with E-state index in [0.29, 0.717) is 11.3 Å². The minimum absolute atomic E-state index is 0.0517. The van der Waals surface area contributed by atoms with Gasteiger partial charge >= 0.3 is 0 Å². The van der Waals surface area contributed by atoms with E-state index in [-0.39, 0.29) is 39.8 Å². The first kappa shape index (κ1) is 24.6. The summed E-state index contributed by atoms with van der Waals surface area (Å²) >= 11 is 0. The van der Waals surface area contributed by atoms with Crippen molar-refractivity contribution >= 4 is 21.9 Å². The van der Waals surface area contributed by atoms with E-state index in [4.69, 9.17) is 9.47 Å². The molecule has 0 saturated heterocycles. The first-order valence-electron chi connectivity index (χ1n) is 10.6. The van der Waals surface area contributed by atoms with Crippen LogP contribution in [-0.4, -0.2) is 53.2 Å². The van der Waals surface area contributed by atoms with Crippen molar-refractivity contribution in [3.05, 3.63) is 66.2 Å².